The SMILES string of the molecule is COc1nc(C(Cc2ccccc2)C(=O)O)ncc1Br. The number of nitrogens with zero attached hydrogens (tertiary/aromatic N) is 2. The van der Waals surface area contributed by atoms with E-state index in [0.717, 1.165) is 5.56 Å². The molecule has 1 aromatic carbocycles. The fourth-order valence-electron chi connectivity index (χ4n) is 1.81. The fraction of sp³-hybridized carbons (Fsp3) is 0.214. The Labute approximate surface area is 124 Å². The van der Waals surface area contributed by atoms with Gasteiger partial charge in [0.1, 0.15) is 11.7 Å². The molecule has 1 aromatic heterocycles. The van der Waals surface area contributed by atoms with Gasteiger partial charge in [0.2, 0.25) is 5.88 Å². The lowest BCUT2D eigenvalue weighted by Crippen LogP contribution is -2.17. The minimum atomic E-state index is -0.960. The summed E-state index contributed by atoms with van der Waals surface area (Å²) >= 11 is 3.25. The van der Waals surface area contributed by atoms with Crippen LogP contribution in [0.15, 0.2) is 41.0 Å². The van der Waals surface area contributed by atoms with Crippen LogP contribution in [0.4, 0.5) is 0 Å². The van der Waals surface area contributed by atoms with Crippen LogP contribution in [0.25, 0.3) is 0 Å². The van der Waals surface area contributed by atoms with Crippen molar-refractivity contribution in [2.75, 3.05) is 7.11 Å². The Kier molecular flexibility index (Phi) is 4.68. The summed E-state index contributed by atoms with van der Waals surface area (Å²) in [4.78, 5) is 19.7. The molecule has 1 unspecified atom stereocenters. The topological polar surface area (TPSA) is 72.3 Å². The average Bonchev–Trinajstić information content (AvgIpc) is 2.46. The lowest BCUT2D eigenvalue weighted by atomic mass is 9.98. The standard InChI is InChI=1S/C14H13BrN2O3/c1-20-13-11(15)8-16-12(17-13)10(14(18)19)7-9-5-3-2-4-6-9/h2-6,8,10H,7H2,1H3,(H,18,19). The molecule has 1 atom stereocenters. The molecule has 6 heteroatoms. The van der Waals surface area contributed by atoms with Gasteiger partial charge in [-0.2, -0.15) is 4.98 Å². The largest absolute Gasteiger partial charge is 0.481 e. The third-order valence-corrected chi connectivity index (χ3v) is 3.36. The number of rotatable bonds is 5. The number of methoxy groups -OCH3 is 1. The second kappa shape index (κ2) is 6.47. The molecule has 0 aliphatic carbocycles. The van der Waals surface area contributed by atoms with Gasteiger partial charge in [-0.15, -0.1) is 0 Å². The quantitative estimate of drug-likeness (QED) is 0.908. The number of carboxylic acid groups (broad SMARTS) is 1. The molecule has 0 saturated heterocycles. The van der Waals surface area contributed by atoms with Crippen molar-refractivity contribution in [2.24, 2.45) is 0 Å². The summed E-state index contributed by atoms with van der Waals surface area (Å²) in [7, 11) is 1.48. The van der Waals surface area contributed by atoms with Gasteiger partial charge < -0.3 is 9.84 Å². The van der Waals surface area contributed by atoms with E-state index in [1.807, 2.05) is 30.3 Å². The van der Waals surface area contributed by atoms with Crippen LogP contribution in [0.5, 0.6) is 5.88 Å². The zero-order chi connectivity index (χ0) is 14.5. The van der Waals surface area contributed by atoms with Crippen molar-refractivity contribution in [1.29, 1.82) is 0 Å². The Morgan fingerprint density at radius 1 is 1.40 bits per heavy atom. The van der Waals surface area contributed by atoms with Crippen LogP contribution in [-0.4, -0.2) is 28.2 Å². The maximum atomic E-state index is 11.5. The first-order valence-corrected chi connectivity index (χ1v) is 6.74. The molecule has 5 nitrogen and oxygen atoms in total. The van der Waals surface area contributed by atoms with Crippen molar-refractivity contribution in [3.8, 4) is 5.88 Å². The molecule has 0 amide bonds. The van der Waals surface area contributed by atoms with E-state index < -0.39 is 11.9 Å². The highest BCUT2D eigenvalue weighted by Crippen LogP contribution is 2.25. The van der Waals surface area contributed by atoms with E-state index in [0.29, 0.717) is 16.8 Å². The van der Waals surface area contributed by atoms with Crippen LogP contribution in [0.1, 0.15) is 17.3 Å². The van der Waals surface area contributed by atoms with Gasteiger partial charge in [-0.25, -0.2) is 4.98 Å². The first kappa shape index (κ1) is 14.5. The average molecular weight is 337 g/mol. The fourth-order valence-corrected chi connectivity index (χ4v) is 2.17. The van der Waals surface area contributed by atoms with Crippen molar-refractivity contribution in [3.05, 3.63) is 52.4 Å². The number of carbonyl (C=O) groups is 1. The Bertz CT molecular complexity index is 605. The number of hydrogen-bond acceptors (Lipinski definition) is 4. The first-order valence-electron chi connectivity index (χ1n) is 5.95. The lowest BCUT2D eigenvalue weighted by Gasteiger charge is -2.12. The molecule has 2 aromatic rings. The number of ether oxygens (including phenoxy) is 1. The zero-order valence-corrected chi connectivity index (χ0v) is 12.4. The number of carboxylic acids is 1. The number of aromatic nitrogens is 2. The van der Waals surface area contributed by atoms with E-state index in [-0.39, 0.29) is 5.82 Å². The highest BCUT2D eigenvalue weighted by Gasteiger charge is 2.24. The van der Waals surface area contributed by atoms with Crippen LogP contribution in [0.2, 0.25) is 0 Å². The van der Waals surface area contributed by atoms with E-state index >= 15 is 0 Å². The van der Waals surface area contributed by atoms with Gasteiger partial charge in [0.25, 0.3) is 0 Å². The summed E-state index contributed by atoms with van der Waals surface area (Å²) in [5.74, 6) is -1.20. The van der Waals surface area contributed by atoms with Gasteiger partial charge in [-0.1, -0.05) is 30.3 Å². The number of halogens is 1. The van der Waals surface area contributed by atoms with Gasteiger partial charge in [0, 0.05) is 6.20 Å². The van der Waals surface area contributed by atoms with Crippen molar-refractivity contribution < 1.29 is 14.6 Å². The van der Waals surface area contributed by atoms with Crippen LogP contribution >= 0.6 is 15.9 Å². The van der Waals surface area contributed by atoms with E-state index in [2.05, 4.69) is 25.9 Å². The molecular weight excluding hydrogens is 324 g/mol. The van der Waals surface area contributed by atoms with Gasteiger partial charge in [-0.05, 0) is 27.9 Å². The minimum Gasteiger partial charge on any atom is -0.481 e. The smallest absolute Gasteiger partial charge is 0.314 e. The van der Waals surface area contributed by atoms with E-state index in [4.69, 9.17) is 4.74 Å². The highest BCUT2D eigenvalue weighted by molar-refractivity contribution is 9.10. The van der Waals surface area contributed by atoms with Crippen LogP contribution in [-0.2, 0) is 11.2 Å². The normalized spacial score (nSPS) is 11.9. The Morgan fingerprint density at radius 2 is 2.10 bits per heavy atom. The molecule has 0 saturated carbocycles. The number of hydrogen-bond donors (Lipinski definition) is 1. The Balaban J connectivity index is 2.31. The Hall–Kier alpha value is -1.95. The summed E-state index contributed by atoms with van der Waals surface area (Å²) in [5.41, 5.74) is 0.922. The molecule has 1 heterocycles. The van der Waals surface area contributed by atoms with Crippen molar-refractivity contribution in [2.45, 2.75) is 12.3 Å². The molecule has 0 radical (unpaired) electrons. The lowest BCUT2D eigenvalue weighted by molar-refractivity contribution is -0.139. The molecule has 2 rings (SSSR count). The molecule has 104 valence electrons. The summed E-state index contributed by atoms with van der Waals surface area (Å²) < 4.78 is 5.67. The summed E-state index contributed by atoms with van der Waals surface area (Å²) in [6, 6.07) is 9.39. The summed E-state index contributed by atoms with van der Waals surface area (Å²) in [5, 5.41) is 9.39. The maximum Gasteiger partial charge on any atom is 0.314 e. The van der Waals surface area contributed by atoms with Gasteiger partial charge >= 0.3 is 5.97 Å². The molecule has 20 heavy (non-hydrogen) atoms. The van der Waals surface area contributed by atoms with Gasteiger partial charge in [-0.3, -0.25) is 4.79 Å². The van der Waals surface area contributed by atoms with Crippen LogP contribution in [0.3, 0.4) is 0 Å². The van der Waals surface area contributed by atoms with Gasteiger partial charge in [0.15, 0.2) is 0 Å². The van der Waals surface area contributed by atoms with Crippen LogP contribution in [0, 0.1) is 0 Å². The molecule has 0 spiro atoms. The molecule has 0 fully saturated rings. The summed E-state index contributed by atoms with van der Waals surface area (Å²) in [6.45, 7) is 0. The Morgan fingerprint density at radius 3 is 2.70 bits per heavy atom. The van der Waals surface area contributed by atoms with Crippen molar-refractivity contribution in [1.82, 2.24) is 9.97 Å². The molecular formula is C14H13BrN2O3. The van der Waals surface area contributed by atoms with Gasteiger partial charge in [0.05, 0.1) is 11.6 Å². The third kappa shape index (κ3) is 3.33. The monoisotopic (exact) mass is 336 g/mol. The van der Waals surface area contributed by atoms with E-state index in [9.17, 15) is 9.90 Å². The maximum absolute atomic E-state index is 11.5. The van der Waals surface area contributed by atoms with Crippen LogP contribution < -0.4 is 4.74 Å². The molecule has 1 N–H and O–H groups in total. The van der Waals surface area contributed by atoms with Crippen molar-refractivity contribution in [3.63, 3.8) is 0 Å². The zero-order valence-electron chi connectivity index (χ0n) is 10.8. The summed E-state index contributed by atoms with van der Waals surface area (Å²) in [6.07, 6.45) is 1.84. The first-order chi connectivity index (χ1) is 9.61. The van der Waals surface area contributed by atoms with E-state index in [1.54, 1.807) is 0 Å². The van der Waals surface area contributed by atoms with E-state index in [1.165, 1.54) is 13.3 Å². The third-order valence-electron chi connectivity index (χ3n) is 2.82. The minimum absolute atomic E-state index is 0.237. The highest BCUT2D eigenvalue weighted by atomic mass is 79.9. The molecule has 0 bridgehead atoms. The predicted octanol–water partition coefficient (Wildman–Crippen LogP) is 2.66. The second-order valence-electron chi connectivity index (χ2n) is 4.17. The molecule has 0 aliphatic rings. The molecule has 0 aliphatic heterocycles. The van der Waals surface area contributed by atoms with Crippen molar-refractivity contribution >= 4 is 21.9 Å². The predicted molar refractivity (Wildman–Crippen MR) is 76.8 cm³/mol. The second-order valence-corrected chi connectivity index (χ2v) is 5.02. The number of benzene rings is 1. The number of aliphatic carboxylic acids is 1.